The van der Waals surface area contributed by atoms with E-state index in [1.165, 1.54) is 0 Å². The molecule has 0 aromatic rings. The maximum atomic E-state index is 12.5. The Morgan fingerprint density at radius 2 is 1.69 bits per heavy atom. The molecule has 1 saturated carbocycles. The predicted molar refractivity (Wildman–Crippen MR) is 95.7 cm³/mol. The van der Waals surface area contributed by atoms with E-state index in [9.17, 15) is 9.59 Å². The Morgan fingerprint density at radius 1 is 1.12 bits per heavy atom. The number of amides is 2. The van der Waals surface area contributed by atoms with Crippen molar-refractivity contribution >= 4 is 11.8 Å². The molecule has 1 aliphatic carbocycles. The molecule has 1 heterocycles. The first-order chi connectivity index (χ1) is 12.5. The SMILES string of the molecule is CC(C(=O)NC1CC1)N1CCN(CC(=O)N(CCC#N)CCC#N)CC1. The number of nitrogens with one attached hydrogen (secondary N) is 1. The van der Waals surface area contributed by atoms with Gasteiger partial charge in [0, 0.05) is 45.3 Å². The van der Waals surface area contributed by atoms with Crippen LogP contribution in [0.25, 0.3) is 0 Å². The fourth-order valence-corrected chi connectivity index (χ4v) is 3.05. The van der Waals surface area contributed by atoms with Crippen molar-refractivity contribution in [3.8, 4) is 12.1 Å². The van der Waals surface area contributed by atoms with Crippen molar-refractivity contribution in [2.24, 2.45) is 0 Å². The topological polar surface area (TPSA) is 103 Å². The maximum Gasteiger partial charge on any atom is 0.237 e. The molecule has 1 N–H and O–H groups in total. The van der Waals surface area contributed by atoms with Gasteiger partial charge in [0.15, 0.2) is 0 Å². The van der Waals surface area contributed by atoms with Gasteiger partial charge < -0.3 is 10.2 Å². The third kappa shape index (κ3) is 6.29. The van der Waals surface area contributed by atoms with Gasteiger partial charge in [0.1, 0.15) is 0 Å². The lowest BCUT2D eigenvalue weighted by Crippen LogP contribution is -2.55. The van der Waals surface area contributed by atoms with Gasteiger partial charge in [0.25, 0.3) is 0 Å². The zero-order valence-electron chi connectivity index (χ0n) is 15.5. The normalized spacial score (nSPS) is 19.2. The number of carbonyl (C=O) groups excluding carboxylic acids is 2. The summed E-state index contributed by atoms with van der Waals surface area (Å²) in [5.74, 6) is 0.0553. The Labute approximate surface area is 155 Å². The van der Waals surface area contributed by atoms with Crippen LogP contribution in [0, 0.1) is 22.7 Å². The second-order valence-electron chi connectivity index (χ2n) is 6.97. The molecule has 26 heavy (non-hydrogen) atoms. The predicted octanol–water partition coefficient (Wildman–Crippen LogP) is -0.0729. The molecule has 8 heteroatoms. The number of hydrogen-bond acceptors (Lipinski definition) is 6. The average molecular weight is 360 g/mol. The first-order valence-corrected chi connectivity index (χ1v) is 9.33. The summed E-state index contributed by atoms with van der Waals surface area (Å²) >= 11 is 0. The molecule has 2 aliphatic rings. The quantitative estimate of drug-likeness (QED) is 0.617. The molecular formula is C18H28N6O2. The second-order valence-corrected chi connectivity index (χ2v) is 6.97. The number of nitriles is 2. The van der Waals surface area contributed by atoms with Gasteiger partial charge in [0.05, 0.1) is 37.6 Å². The molecule has 1 aliphatic heterocycles. The van der Waals surface area contributed by atoms with Crippen LogP contribution < -0.4 is 5.32 Å². The summed E-state index contributed by atoms with van der Waals surface area (Å²) in [7, 11) is 0. The van der Waals surface area contributed by atoms with E-state index in [4.69, 9.17) is 10.5 Å². The van der Waals surface area contributed by atoms with Crippen molar-refractivity contribution in [2.45, 2.75) is 44.7 Å². The summed E-state index contributed by atoms with van der Waals surface area (Å²) in [6.07, 6.45) is 2.72. The maximum absolute atomic E-state index is 12.5. The molecule has 1 saturated heterocycles. The molecule has 2 rings (SSSR count). The minimum Gasteiger partial charge on any atom is -0.352 e. The molecule has 142 valence electrons. The summed E-state index contributed by atoms with van der Waals surface area (Å²) < 4.78 is 0. The number of rotatable bonds is 9. The zero-order chi connectivity index (χ0) is 18.9. The highest BCUT2D eigenvalue weighted by Crippen LogP contribution is 2.19. The summed E-state index contributed by atoms with van der Waals surface area (Å²) in [6, 6.07) is 4.32. The summed E-state index contributed by atoms with van der Waals surface area (Å²) in [5, 5.41) is 20.5. The largest absolute Gasteiger partial charge is 0.352 e. The van der Waals surface area contributed by atoms with Crippen LogP contribution in [-0.2, 0) is 9.59 Å². The Morgan fingerprint density at radius 3 is 2.19 bits per heavy atom. The van der Waals surface area contributed by atoms with Crippen molar-refractivity contribution in [2.75, 3.05) is 45.8 Å². The molecule has 0 aromatic carbocycles. The third-order valence-electron chi connectivity index (χ3n) is 4.96. The summed E-state index contributed by atoms with van der Waals surface area (Å²) in [4.78, 5) is 30.5. The van der Waals surface area contributed by atoms with E-state index in [1.54, 1.807) is 4.90 Å². The highest BCUT2D eigenvalue weighted by atomic mass is 16.2. The van der Waals surface area contributed by atoms with Crippen LogP contribution in [0.1, 0.15) is 32.6 Å². The first-order valence-electron chi connectivity index (χ1n) is 9.33. The molecule has 2 fully saturated rings. The van der Waals surface area contributed by atoms with Gasteiger partial charge in [-0.3, -0.25) is 19.4 Å². The molecule has 0 spiro atoms. The van der Waals surface area contributed by atoms with Gasteiger partial charge in [-0.25, -0.2) is 0 Å². The Balaban J connectivity index is 1.75. The second kappa shape index (κ2) is 10.1. The van der Waals surface area contributed by atoms with Crippen molar-refractivity contribution in [3.63, 3.8) is 0 Å². The molecule has 0 aromatic heterocycles. The summed E-state index contributed by atoms with van der Waals surface area (Å²) in [5.41, 5.74) is 0. The van der Waals surface area contributed by atoms with Crippen molar-refractivity contribution in [3.05, 3.63) is 0 Å². The Bertz CT molecular complexity index is 551. The smallest absolute Gasteiger partial charge is 0.237 e. The van der Waals surface area contributed by atoms with Gasteiger partial charge in [0.2, 0.25) is 11.8 Å². The van der Waals surface area contributed by atoms with E-state index in [1.807, 2.05) is 19.1 Å². The van der Waals surface area contributed by atoms with E-state index in [0.29, 0.717) is 25.7 Å². The Kier molecular flexibility index (Phi) is 7.83. The lowest BCUT2D eigenvalue weighted by Gasteiger charge is -2.37. The van der Waals surface area contributed by atoms with E-state index in [0.717, 1.165) is 39.0 Å². The summed E-state index contributed by atoms with van der Waals surface area (Å²) in [6.45, 7) is 5.95. The monoisotopic (exact) mass is 360 g/mol. The van der Waals surface area contributed by atoms with E-state index in [-0.39, 0.29) is 30.7 Å². The lowest BCUT2D eigenvalue weighted by atomic mass is 10.2. The number of piperazine rings is 1. The molecule has 2 amide bonds. The zero-order valence-corrected chi connectivity index (χ0v) is 15.5. The van der Waals surface area contributed by atoms with E-state index in [2.05, 4.69) is 15.1 Å². The Hall–Kier alpha value is -2.16. The lowest BCUT2D eigenvalue weighted by molar-refractivity contribution is -0.133. The van der Waals surface area contributed by atoms with Crippen molar-refractivity contribution in [1.29, 1.82) is 10.5 Å². The molecule has 0 radical (unpaired) electrons. The minimum atomic E-state index is -0.142. The van der Waals surface area contributed by atoms with Gasteiger partial charge in [-0.15, -0.1) is 0 Å². The van der Waals surface area contributed by atoms with Crippen molar-refractivity contribution < 1.29 is 9.59 Å². The van der Waals surface area contributed by atoms with Crippen molar-refractivity contribution in [1.82, 2.24) is 20.0 Å². The number of hydrogen-bond donors (Lipinski definition) is 1. The van der Waals surface area contributed by atoms with Crippen LogP contribution >= 0.6 is 0 Å². The van der Waals surface area contributed by atoms with Gasteiger partial charge >= 0.3 is 0 Å². The average Bonchev–Trinajstić information content (AvgIpc) is 3.45. The highest BCUT2D eigenvalue weighted by molar-refractivity contribution is 5.82. The molecule has 1 unspecified atom stereocenters. The minimum absolute atomic E-state index is 0.0384. The third-order valence-corrected chi connectivity index (χ3v) is 4.96. The van der Waals surface area contributed by atoms with Gasteiger partial charge in [-0.05, 0) is 19.8 Å². The first kappa shape index (κ1) is 20.2. The van der Waals surface area contributed by atoms with E-state index >= 15 is 0 Å². The fourth-order valence-electron chi connectivity index (χ4n) is 3.05. The van der Waals surface area contributed by atoms with Crippen LogP contribution in [0.3, 0.4) is 0 Å². The van der Waals surface area contributed by atoms with Crippen LogP contribution in [0.5, 0.6) is 0 Å². The molecule has 0 bridgehead atoms. The standard InChI is InChI=1S/C18H28N6O2/c1-15(18(26)21-16-4-5-16)23-12-10-22(11-13-23)14-17(25)24(8-2-6-19)9-3-7-20/h15-16H,2-5,8-14H2,1H3,(H,21,26). The van der Waals surface area contributed by atoms with Crippen LogP contribution in [0.2, 0.25) is 0 Å². The van der Waals surface area contributed by atoms with E-state index < -0.39 is 0 Å². The van der Waals surface area contributed by atoms with Gasteiger partial charge in [-0.2, -0.15) is 10.5 Å². The van der Waals surface area contributed by atoms with Crippen LogP contribution in [-0.4, -0.2) is 84.4 Å². The highest BCUT2D eigenvalue weighted by Gasteiger charge is 2.30. The van der Waals surface area contributed by atoms with Crippen LogP contribution in [0.4, 0.5) is 0 Å². The number of nitrogens with zero attached hydrogens (tertiary/aromatic N) is 5. The molecule has 8 nitrogen and oxygen atoms in total. The fraction of sp³-hybridized carbons (Fsp3) is 0.778. The van der Waals surface area contributed by atoms with Crippen LogP contribution in [0.15, 0.2) is 0 Å². The molecule has 1 atom stereocenters. The van der Waals surface area contributed by atoms with Gasteiger partial charge in [-0.1, -0.05) is 0 Å². The number of carbonyl (C=O) groups is 2. The molecular weight excluding hydrogens is 332 g/mol.